The molecule has 0 saturated carbocycles. The van der Waals surface area contributed by atoms with Crippen molar-refractivity contribution in [3.8, 4) is 5.75 Å². The molecule has 3 N–H and O–H groups in total. The highest BCUT2D eigenvalue weighted by molar-refractivity contribution is 7.92. The number of phenolic OH excluding ortho intramolecular Hbond substituents is 1. The van der Waals surface area contributed by atoms with Crippen LogP contribution in [0.15, 0.2) is 41.3 Å². The number of halogens is 1. The predicted molar refractivity (Wildman–Crippen MR) is 86.0 cm³/mol. The van der Waals surface area contributed by atoms with E-state index < -0.39 is 21.8 Å². The van der Waals surface area contributed by atoms with Crippen molar-refractivity contribution < 1.29 is 27.8 Å². The van der Waals surface area contributed by atoms with E-state index in [2.05, 4.69) is 4.72 Å². The molecule has 0 amide bonds. The third kappa shape index (κ3) is 4.02. The topological polar surface area (TPSA) is 104 Å². The smallest absolute Gasteiger partial charge is 0.303 e. The summed E-state index contributed by atoms with van der Waals surface area (Å²) < 4.78 is 40.7. The van der Waals surface area contributed by atoms with E-state index in [1.807, 2.05) is 0 Å². The molecule has 0 spiro atoms. The largest absolute Gasteiger partial charge is 0.508 e. The van der Waals surface area contributed by atoms with Crippen LogP contribution < -0.4 is 4.72 Å². The molecule has 0 aliphatic heterocycles. The van der Waals surface area contributed by atoms with Crippen molar-refractivity contribution in [3.63, 3.8) is 0 Å². The lowest BCUT2D eigenvalue weighted by atomic mass is 10.1. The number of nitrogens with one attached hydrogen (secondary N) is 1. The van der Waals surface area contributed by atoms with E-state index in [1.165, 1.54) is 43.3 Å². The number of phenols is 1. The van der Waals surface area contributed by atoms with E-state index in [9.17, 15) is 22.7 Å². The van der Waals surface area contributed by atoms with Crippen molar-refractivity contribution in [2.45, 2.75) is 24.7 Å². The van der Waals surface area contributed by atoms with Gasteiger partial charge >= 0.3 is 5.97 Å². The Hall–Kier alpha value is -2.61. The minimum absolute atomic E-state index is 0.0104. The first-order valence-electron chi connectivity index (χ1n) is 7.02. The van der Waals surface area contributed by atoms with Gasteiger partial charge in [0.1, 0.15) is 11.6 Å². The highest BCUT2D eigenvalue weighted by Crippen LogP contribution is 2.26. The number of hydrogen-bond acceptors (Lipinski definition) is 4. The molecule has 0 aromatic heterocycles. The molecule has 128 valence electrons. The maximum absolute atomic E-state index is 13.5. The lowest BCUT2D eigenvalue weighted by Crippen LogP contribution is -2.14. The summed E-state index contributed by atoms with van der Waals surface area (Å²) in [7, 11) is -4.01. The molecule has 0 saturated heterocycles. The Bertz CT molecular complexity index is 880. The van der Waals surface area contributed by atoms with Gasteiger partial charge in [0.15, 0.2) is 0 Å². The summed E-state index contributed by atoms with van der Waals surface area (Å²) in [4.78, 5) is 10.5. The van der Waals surface area contributed by atoms with Gasteiger partial charge in [-0.25, -0.2) is 12.8 Å². The van der Waals surface area contributed by atoms with Crippen LogP contribution in [-0.2, 0) is 21.2 Å². The van der Waals surface area contributed by atoms with Gasteiger partial charge in [-0.3, -0.25) is 9.52 Å². The standard InChI is InChI=1S/C16H16FNO5S/c1-10-13(17)3-2-4-14(10)18-24(22,23)12-6-7-15(19)11(9-12)5-8-16(20)21/h2-4,6-7,9,18-19H,5,8H2,1H3,(H,20,21). The average Bonchev–Trinajstić information content (AvgIpc) is 2.50. The zero-order valence-electron chi connectivity index (χ0n) is 12.8. The quantitative estimate of drug-likeness (QED) is 0.741. The van der Waals surface area contributed by atoms with Gasteiger partial charge in [0.2, 0.25) is 0 Å². The zero-order valence-corrected chi connectivity index (χ0v) is 13.6. The second-order valence-electron chi connectivity index (χ2n) is 5.20. The molecule has 0 aliphatic rings. The van der Waals surface area contributed by atoms with Gasteiger partial charge in [-0.1, -0.05) is 6.07 Å². The molecule has 0 unspecified atom stereocenters. The zero-order chi connectivity index (χ0) is 17.9. The van der Waals surface area contributed by atoms with E-state index >= 15 is 0 Å². The molecule has 0 fully saturated rings. The van der Waals surface area contributed by atoms with Crippen LogP contribution >= 0.6 is 0 Å². The maximum Gasteiger partial charge on any atom is 0.303 e. The molecule has 8 heteroatoms. The molecular formula is C16H16FNO5S. The molecule has 0 radical (unpaired) electrons. The first-order chi connectivity index (χ1) is 11.2. The van der Waals surface area contributed by atoms with Gasteiger partial charge in [-0.05, 0) is 49.2 Å². The fourth-order valence-corrected chi connectivity index (χ4v) is 3.27. The van der Waals surface area contributed by atoms with Crippen molar-refractivity contribution >= 4 is 21.7 Å². The molecule has 2 aromatic rings. The number of aliphatic carboxylic acids is 1. The third-order valence-corrected chi connectivity index (χ3v) is 4.84. The lowest BCUT2D eigenvalue weighted by molar-refractivity contribution is -0.136. The highest BCUT2D eigenvalue weighted by Gasteiger charge is 2.18. The van der Waals surface area contributed by atoms with Crippen LogP contribution in [0.3, 0.4) is 0 Å². The summed E-state index contributed by atoms with van der Waals surface area (Å²) >= 11 is 0. The monoisotopic (exact) mass is 353 g/mol. The van der Waals surface area contributed by atoms with Crippen LogP contribution in [0, 0.1) is 12.7 Å². The minimum atomic E-state index is -4.01. The first-order valence-corrected chi connectivity index (χ1v) is 8.50. The Labute approximate surface area is 138 Å². The molecular weight excluding hydrogens is 337 g/mol. The van der Waals surface area contributed by atoms with Gasteiger partial charge in [0, 0.05) is 12.0 Å². The van der Waals surface area contributed by atoms with Crippen molar-refractivity contribution in [3.05, 3.63) is 53.3 Å². The van der Waals surface area contributed by atoms with Crippen molar-refractivity contribution in [1.29, 1.82) is 0 Å². The Morgan fingerprint density at radius 2 is 1.96 bits per heavy atom. The summed E-state index contributed by atoms with van der Waals surface area (Å²) in [5.74, 6) is -1.78. The summed E-state index contributed by atoms with van der Waals surface area (Å²) in [5.41, 5.74) is 0.470. The minimum Gasteiger partial charge on any atom is -0.508 e. The van der Waals surface area contributed by atoms with Gasteiger partial charge in [-0.15, -0.1) is 0 Å². The van der Waals surface area contributed by atoms with Crippen LogP contribution in [0.25, 0.3) is 0 Å². The second-order valence-corrected chi connectivity index (χ2v) is 6.88. The number of benzene rings is 2. The highest BCUT2D eigenvalue weighted by atomic mass is 32.2. The predicted octanol–water partition coefficient (Wildman–Crippen LogP) is 2.66. The Morgan fingerprint density at radius 3 is 2.62 bits per heavy atom. The van der Waals surface area contributed by atoms with Crippen LogP contribution in [0.1, 0.15) is 17.5 Å². The van der Waals surface area contributed by atoms with Gasteiger partial charge in [0.05, 0.1) is 10.6 Å². The van der Waals surface area contributed by atoms with Crippen molar-refractivity contribution in [2.75, 3.05) is 4.72 Å². The number of aromatic hydroxyl groups is 1. The van der Waals surface area contributed by atoms with E-state index in [1.54, 1.807) is 0 Å². The summed E-state index contributed by atoms with van der Waals surface area (Å²) in [6, 6.07) is 7.62. The number of carboxylic acids is 1. The third-order valence-electron chi connectivity index (χ3n) is 3.48. The molecule has 0 heterocycles. The van der Waals surface area contributed by atoms with Crippen LogP contribution in [0.4, 0.5) is 10.1 Å². The molecule has 24 heavy (non-hydrogen) atoms. The molecule has 2 aromatic carbocycles. The molecule has 0 bridgehead atoms. The van der Waals surface area contributed by atoms with Crippen molar-refractivity contribution in [1.82, 2.24) is 0 Å². The SMILES string of the molecule is Cc1c(F)cccc1NS(=O)(=O)c1ccc(O)c(CCC(=O)O)c1. The van der Waals surface area contributed by atoms with Gasteiger partial charge < -0.3 is 10.2 Å². The average molecular weight is 353 g/mol. The Kier molecular flexibility index (Phi) is 5.08. The van der Waals surface area contributed by atoms with E-state index in [0.29, 0.717) is 0 Å². The lowest BCUT2D eigenvalue weighted by Gasteiger charge is -2.12. The summed E-state index contributed by atoms with van der Waals surface area (Å²) in [5, 5.41) is 18.4. The van der Waals surface area contributed by atoms with E-state index in [-0.39, 0.29) is 40.3 Å². The van der Waals surface area contributed by atoms with Gasteiger partial charge in [-0.2, -0.15) is 0 Å². The number of hydrogen-bond donors (Lipinski definition) is 3. The van der Waals surface area contributed by atoms with E-state index in [4.69, 9.17) is 5.11 Å². The van der Waals surface area contributed by atoms with E-state index in [0.717, 1.165) is 0 Å². The Morgan fingerprint density at radius 1 is 1.25 bits per heavy atom. The summed E-state index contributed by atoms with van der Waals surface area (Å²) in [6.07, 6.45) is -0.253. The second kappa shape index (κ2) is 6.88. The molecule has 2 rings (SSSR count). The number of sulfonamides is 1. The number of aryl methyl sites for hydroxylation is 1. The number of rotatable bonds is 6. The van der Waals surface area contributed by atoms with Crippen LogP contribution in [0.5, 0.6) is 5.75 Å². The number of carboxylic acid groups (broad SMARTS) is 1. The van der Waals surface area contributed by atoms with Gasteiger partial charge in [0.25, 0.3) is 10.0 Å². The van der Waals surface area contributed by atoms with Crippen LogP contribution in [-0.4, -0.2) is 24.6 Å². The fourth-order valence-electron chi connectivity index (χ4n) is 2.09. The first kappa shape index (κ1) is 17.7. The maximum atomic E-state index is 13.5. The fraction of sp³-hybridized carbons (Fsp3) is 0.188. The van der Waals surface area contributed by atoms with Crippen molar-refractivity contribution in [2.24, 2.45) is 0 Å². The number of carbonyl (C=O) groups is 1. The Balaban J connectivity index is 2.33. The van der Waals surface area contributed by atoms with Crippen LogP contribution in [0.2, 0.25) is 0 Å². The summed E-state index contributed by atoms with van der Waals surface area (Å²) in [6.45, 7) is 1.45. The normalized spacial score (nSPS) is 11.2. The molecule has 0 aliphatic carbocycles. The molecule has 0 atom stereocenters. The number of anilines is 1. The molecule has 6 nitrogen and oxygen atoms in total.